The number of aliphatic imine (C=N–C) groups is 4. The predicted molar refractivity (Wildman–Crippen MR) is 514 cm³/mol. The Balaban J connectivity index is 0.000000149. The highest BCUT2D eigenvalue weighted by molar-refractivity contribution is 7.92. The number of carbonyl (C=O) groups is 6. The van der Waals surface area contributed by atoms with Gasteiger partial charge in [0, 0.05) is 68.7 Å². The molecule has 2 saturated carbocycles. The number of amides is 6. The molecule has 28 nitrogen and oxygen atoms in total. The zero-order valence-electron chi connectivity index (χ0n) is 75.8. The first-order valence-corrected chi connectivity index (χ1v) is 48.9. The molecule has 3 fully saturated rings. The normalized spacial score (nSPS) is 20.5. The van der Waals surface area contributed by atoms with E-state index in [2.05, 4.69) is 41.9 Å². The Morgan fingerprint density at radius 3 is 1.53 bits per heavy atom. The zero-order valence-corrected chi connectivity index (χ0v) is 77.4. The molecule has 131 heavy (non-hydrogen) atoms. The summed E-state index contributed by atoms with van der Waals surface area (Å²) in [6, 6.07) is 68.5. The van der Waals surface area contributed by atoms with Crippen molar-refractivity contribution in [2.75, 3.05) is 42.5 Å². The quantitative estimate of drug-likeness (QED) is 0.0207. The molecule has 2 unspecified atom stereocenters. The van der Waals surface area contributed by atoms with E-state index in [-0.39, 0.29) is 90.0 Å². The molecule has 6 heterocycles. The molecule has 9 aromatic rings. The third kappa shape index (κ3) is 22.5. The van der Waals surface area contributed by atoms with Crippen LogP contribution in [-0.2, 0) is 78.5 Å². The van der Waals surface area contributed by atoms with Gasteiger partial charge in [0.25, 0.3) is 23.6 Å². The zero-order chi connectivity index (χ0) is 93.1. The largest absolute Gasteiger partial charge is 0.369 e. The van der Waals surface area contributed by atoms with E-state index >= 15 is 0 Å². The van der Waals surface area contributed by atoms with Gasteiger partial charge in [-0.05, 0) is 176 Å². The lowest BCUT2D eigenvalue weighted by Gasteiger charge is -2.35. The number of nitrogens with two attached hydrogens (primary N) is 4. The Kier molecular flexibility index (Phi) is 31.4. The number of carbonyl (C=O) groups excluding carboxylic acids is 6. The van der Waals surface area contributed by atoms with Crippen LogP contribution < -0.4 is 37.7 Å². The van der Waals surface area contributed by atoms with Crippen molar-refractivity contribution in [2.45, 2.75) is 203 Å². The number of H-pyrrole nitrogens is 1. The van der Waals surface area contributed by atoms with E-state index in [0.717, 1.165) is 146 Å². The third-order valence-corrected chi connectivity index (χ3v) is 29.3. The van der Waals surface area contributed by atoms with Gasteiger partial charge < -0.3 is 33.2 Å². The minimum absolute atomic E-state index is 0.00259. The molecule has 5 atom stereocenters. The summed E-state index contributed by atoms with van der Waals surface area (Å²) in [4.78, 5) is 106. The van der Waals surface area contributed by atoms with Gasteiger partial charge in [0.2, 0.25) is 31.9 Å². The van der Waals surface area contributed by atoms with Crippen molar-refractivity contribution in [3.05, 3.63) is 276 Å². The summed E-state index contributed by atoms with van der Waals surface area (Å²) in [5, 5.41) is 9.83. The summed E-state index contributed by atoms with van der Waals surface area (Å²) in [7, 11) is -5.21. The Morgan fingerprint density at radius 2 is 1.04 bits per heavy atom. The van der Waals surface area contributed by atoms with Crippen molar-refractivity contribution in [1.82, 2.24) is 39.4 Å². The van der Waals surface area contributed by atoms with Gasteiger partial charge in [0.05, 0.1) is 29.9 Å². The maximum Gasteiger partial charge on any atom is 0.266 e. The molecule has 7 aliphatic rings. The van der Waals surface area contributed by atoms with Crippen LogP contribution in [0.4, 0.5) is 11.4 Å². The van der Waals surface area contributed by atoms with Gasteiger partial charge >= 0.3 is 0 Å². The van der Waals surface area contributed by atoms with Crippen molar-refractivity contribution in [3.63, 3.8) is 0 Å². The highest BCUT2D eigenvalue weighted by Crippen LogP contribution is 2.45. The highest BCUT2D eigenvalue weighted by atomic mass is 32.2. The molecule has 6 amide bonds. The summed E-state index contributed by atoms with van der Waals surface area (Å²) < 4.78 is 55.1. The molecule has 1 saturated heterocycles. The molecule has 1 aromatic heterocycles. The number of guanidine groups is 4. The molecule has 690 valence electrons. The monoisotopic (exact) mass is 1810 g/mol. The van der Waals surface area contributed by atoms with Gasteiger partial charge in [-0.25, -0.2) is 41.5 Å². The van der Waals surface area contributed by atoms with Crippen molar-refractivity contribution >= 4 is 90.7 Å². The van der Waals surface area contributed by atoms with E-state index < -0.39 is 42.2 Å². The molecule has 12 N–H and O–H groups in total. The lowest BCUT2D eigenvalue weighted by molar-refractivity contribution is -0.133. The molecule has 5 aliphatic heterocycles. The molecule has 0 spiro atoms. The van der Waals surface area contributed by atoms with E-state index in [1.807, 2.05) is 208 Å². The molecule has 30 heteroatoms. The van der Waals surface area contributed by atoms with Gasteiger partial charge in [0.15, 0.2) is 40.5 Å². The van der Waals surface area contributed by atoms with E-state index in [9.17, 15) is 45.6 Å². The average molecular weight is 1810 g/mol. The number of rotatable bonds is 30. The summed E-state index contributed by atoms with van der Waals surface area (Å²) in [6.07, 6.45) is 21.9. The predicted octanol–water partition coefficient (Wildman–Crippen LogP) is 14.4. The van der Waals surface area contributed by atoms with Gasteiger partial charge in [-0.1, -0.05) is 261 Å². The first-order chi connectivity index (χ1) is 63.0. The Hall–Kier alpha value is -12.7. The minimum atomic E-state index is -3.55. The van der Waals surface area contributed by atoms with E-state index in [4.69, 9.17) is 32.9 Å². The first-order valence-electron chi connectivity index (χ1n) is 45.8. The minimum Gasteiger partial charge on any atom is -0.369 e. The van der Waals surface area contributed by atoms with Gasteiger partial charge in [-0.15, -0.1) is 0 Å². The van der Waals surface area contributed by atoms with Crippen LogP contribution in [0.15, 0.2) is 262 Å². The van der Waals surface area contributed by atoms with Crippen molar-refractivity contribution in [1.29, 1.82) is 0 Å². The fourth-order valence-corrected chi connectivity index (χ4v) is 21.3. The van der Waals surface area contributed by atoms with Crippen molar-refractivity contribution in [3.8, 4) is 11.1 Å². The smallest absolute Gasteiger partial charge is 0.266 e. The Morgan fingerprint density at radius 1 is 0.527 bits per heavy atom. The number of aromatic amines is 1. The summed E-state index contributed by atoms with van der Waals surface area (Å²) in [5.74, 6) is 1.83. The SMILES string of the molecule is CC(=O)N1CCC(CN2C(=O)C(C)(c3cccc(-c4cn[nH]c4)c3)N=C2N)CC1.CCCCC(CC)C(=O)Nc1ccc(CN2C(=O)C(c3ccccc3)(c3ccccc3)N=C2N)cc1.CCCS(=O)(=O)Nc1ccc(CN2C(=O)C(c3ccccc3)(c3ccccc3)N=C2N)cc1.CN1C(=O)[C@@](CCC2CCCCC2)(C[C@H]2CCC[C@@H](NS(=O)(=O)c3ccccc3)C2)N=C1N. The number of benzene rings is 8. The van der Waals surface area contributed by atoms with Crippen LogP contribution in [0.25, 0.3) is 11.1 Å². The lowest BCUT2D eigenvalue weighted by Crippen LogP contribution is -2.46. The summed E-state index contributed by atoms with van der Waals surface area (Å²) in [5.41, 5.74) is 29.3. The molecular weight excluding hydrogens is 1690 g/mol. The number of likely N-dealkylation sites (N-methyl/N-ethyl adjacent to an activating group) is 1. The fourth-order valence-electron chi connectivity index (χ4n) is 18.9. The number of unbranched alkanes of at least 4 members (excludes halogenated alkanes) is 1. The number of likely N-dealkylation sites (tertiary alicyclic amines) is 1. The second kappa shape index (κ2) is 42.9. The van der Waals surface area contributed by atoms with E-state index in [0.29, 0.717) is 47.8 Å². The van der Waals surface area contributed by atoms with Crippen LogP contribution in [0.1, 0.15) is 196 Å². The number of nitrogens with one attached hydrogen (secondary N) is 4. The number of sulfonamides is 2. The number of piperidine rings is 1. The maximum atomic E-state index is 13.9. The van der Waals surface area contributed by atoms with Crippen LogP contribution in [0, 0.1) is 23.7 Å². The lowest BCUT2D eigenvalue weighted by atomic mass is 9.74. The van der Waals surface area contributed by atoms with Crippen molar-refractivity contribution < 1.29 is 45.6 Å². The molecule has 2 aliphatic carbocycles. The number of hydrogen-bond acceptors (Lipinski definition) is 19. The Bertz CT molecular complexity index is 5710. The Labute approximate surface area is 769 Å². The van der Waals surface area contributed by atoms with Crippen molar-refractivity contribution in [2.24, 2.45) is 66.6 Å². The number of nitrogens with zero attached hydrogens (tertiary/aromatic N) is 10. The van der Waals surface area contributed by atoms with Crippen LogP contribution in [-0.4, -0.2) is 155 Å². The topological polar surface area (TPSA) is 405 Å². The van der Waals surface area contributed by atoms with Gasteiger partial charge in [-0.3, -0.25) is 58.2 Å². The average Bonchev–Trinajstić information content (AvgIpc) is 1.59. The second-order valence-corrected chi connectivity index (χ2v) is 39.0. The number of aromatic nitrogens is 2. The molecule has 8 aromatic carbocycles. The third-order valence-electron chi connectivity index (χ3n) is 26.2. The van der Waals surface area contributed by atoms with Crippen LogP contribution >= 0.6 is 0 Å². The molecular formula is C101H124N18O10S2. The number of hydrogen-bond donors (Lipinski definition) is 8. The molecule has 16 rings (SSSR count). The standard InChI is InChI=1S/C30H34N4O2.C25H38N4O3S.C25H26N4O3S.C21H26N6O2/c1-3-5-12-23(4-2)27(35)32-26-19-17-22(18-20-26)21-34-28(36)30(33-29(34)31,24-13-8-6-9-14-24)25-15-10-7-11-16-25;1-29-23(30)25(27-24(29)26,16-15-19-9-4-2-5-10-19)18-20-11-8-12-21(17-20)28-33(31,32)22-13-6-3-7-14-22;1-2-17-33(31,32)28-22-15-13-19(14-16-22)18-29-23(30)25(27-24(29)26,20-9-5-3-6-10-20)21-11-7-4-8-12-21;1-14(28)26-8-6-15(7-9-26)13-27-19(29)21(2,25-20(27)22)18-5-3-4-16(10-18)17-11-23-24-12-17/h6-11,13-20,23H,3-5,12,21H2,1-2H3,(H2,31,33)(H,32,35);3,6-7,13-14,19-21,28H,2,4-5,8-12,15-18H2,1H3,(H2,26,27);3-16,28H,2,17-18H2,1H3,(H2,26,27);3-5,10-12,15H,6-9,13H2,1-2H3,(H2,22,25)(H,23,24)/t;20-,21+,25+;;/m.0../s1. The van der Waals surface area contributed by atoms with E-state index in [1.165, 1.54) is 46.8 Å². The van der Waals surface area contributed by atoms with Crippen LogP contribution in [0.3, 0.4) is 0 Å². The second-order valence-electron chi connectivity index (χ2n) is 35.4. The maximum absolute atomic E-state index is 13.9. The highest BCUT2D eigenvalue weighted by Gasteiger charge is 2.54. The van der Waals surface area contributed by atoms with Crippen LogP contribution in [0.5, 0.6) is 0 Å². The van der Waals surface area contributed by atoms with Crippen LogP contribution in [0.2, 0.25) is 0 Å². The first kappa shape index (κ1) is 95.9. The molecule has 0 bridgehead atoms. The van der Waals surface area contributed by atoms with E-state index in [1.54, 1.807) is 73.6 Å². The fraction of sp³-hybridized carbons (Fsp3) is 0.396. The number of anilines is 2. The van der Waals surface area contributed by atoms with Gasteiger partial charge in [0.1, 0.15) is 5.54 Å². The summed E-state index contributed by atoms with van der Waals surface area (Å²) >= 11 is 0. The molecule has 0 radical (unpaired) electrons. The van der Waals surface area contributed by atoms with Gasteiger partial charge in [-0.2, -0.15) is 5.10 Å². The summed E-state index contributed by atoms with van der Waals surface area (Å²) in [6.45, 7) is 11.9.